The summed E-state index contributed by atoms with van der Waals surface area (Å²) in [7, 11) is 1.79. The number of amides is 1. The molecule has 4 heterocycles. The number of rotatable bonds is 5. The lowest BCUT2D eigenvalue weighted by atomic mass is 10.0. The molecule has 1 atom stereocenters. The van der Waals surface area contributed by atoms with Crippen molar-refractivity contribution in [2.24, 2.45) is 7.05 Å². The van der Waals surface area contributed by atoms with Gasteiger partial charge < -0.3 is 24.4 Å². The van der Waals surface area contributed by atoms with E-state index in [2.05, 4.69) is 20.1 Å². The molecule has 1 fully saturated rings. The van der Waals surface area contributed by atoms with Gasteiger partial charge in [0, 0.05) is 49.7 Å². The number of hydrogen-bond acceptors (Lipinski definition) is 6. The van der Waals surface area contributed by atoms with Gasteiger partial charge in [0.15, 0.2) is 0 Å². The Morgan fingerprint density at radius 3 is 2.64 bits per heavy atom. The first-order chi connectivity index (χ1) is 18.9. The van der Waals surface area contributed by atoms with Gasteiger partial charge in [0.05, 0.1) is 17.9 Å². The van der Waals surface area contributed by atoms with Gasteiger partial charge in [-0.2, -0.15) is 0 Å². The molecule has 0 saturated carbocycles. The van der Waals surface area contributed by atoms with Gasteiger partial charge in [0.1, 0.15) is 29.7 Å². The molecule has 2 aliphatic rings. The van der Waals surface area contributed by atoms with Crippen molar-refractivity contribution in [3.63, 3.8) is 0 Å². The summed E-state index contributed by atoms with van der Waals surface area (Å²) in [6.07, 6.45) is 1.23. The number of piperazine rings is 1. The molecule has 4 aromatic rings. The van der Waals surface area contributed by atoms with Crippen LogP contribution in [0.25, 0.3) is 11.1 Å². The fourth-order valence-electron chi connectivity index (χ4n) is 5.35. The lowest BCUT2D eigenvalue weighted by molar-refractivity contribution is -0.112. The number of ether oxygens (including phenoxy) is 1. The molecule has 0 unspecified atom stereocenters. The molecule has 2 aromatic carbocycles. The van der Waals surface area contributed by atoms with Crippen LogP contribution in [0.4, 0.5) is 21.6 Å². The first kappa shape index (κ1) is 24.7. The van der Waals surface area contributed by atoms with E-state index in [9.17, 15) is 14.0 Å². The lowest BCUT2D eigenvalue weighted by Crippen LogP contribution is -2.57. The molecule has 9 heteroatoms. The third-order valence-electron chi connectivity index (χ3n) is 7.46. The smallest absolute Gasteiger partial charge is 0.298 e. The molecule has 8 nitrogen and oxygen atoms in total. The number of hydrogen-bond donors (Lipinski definition) is 1. The van der Waals surface area contributed by atoms with E-state index >= 15 is 0 Å². The Bertz CT molecular complexity index is 1550. The van der Waals surface area contributed by atoms with Gasteiger partial charge in [-0.1, -0.05) is 30.3 Å². The van der Waals surface area contributed by atoms with Gasteiger partial charge in [-0.05, 0) is 42.8 Å². The largest absolute Gasteiger partial charge is 0.489 e. The van der Waals surface area contributed by atoms with Gasteiger partial charge in [-0.25, -0.2) is 9.37 Å². The lowest BCUT2D eigenvalue weighted by Gasteiger charge is -2.46. The number of carbonyl (C=O) groups excluding carboxylic acids is 2. The van der Waals surface area contributed by atoms with Crippen molar-refractivity contribution in [3.8, 4) is 16.9 Å². The maximum atomic E-state index is 13.3. The molecule has 2 aromatic heterocycles. The Kier molecular flexibility index (Phi) is 6.26. The Labute approximate surface area is 225 Å². The summed E-state index contributed by atoms with van der Waals surface area (Å²) in [6, 6.07) is 20.2. The van der Waals surface area contributed by atoms with E-state index in [0.717, 1.165) is 41.4 Å². The van der Waals surface area contributed by atoms with Crippen molar-refractivity contribution in [2.75, 3.05) is 41.4 Å². The average molecular weight is 526 g/mol. The van der Waals surface area contributed by atoms with Crippen LogP contribution >= 0.6 is 0 Å². The van der Waals surface area contributed by atoms with Crippen LogP contribution in [0.15, 0.2) is 72.9 Å². The number of carbonyl (C=O) groups is 2. The van der Waals surface area contributed by atoms with E-state index in [0.29, 0.717) is 30.3 Å². The highest BCUT2D eigenvalue weighted by atomic mass is 19.1. The van der Waals surface area contributed by atoms with Crippen LogP contribution in [0, 0.1) is 12.7 Å². The van der Waals surface area contributed by atoms with Crippen LogP contribution in [-0.2, 0) is 11.8 Å². The van der Waals surface area contributed by atoms with Crippen LogP contribution in [0.5, 0.6) is 5.75 Å². The predicted molar refractivity (Wildman–Crippen MR) is 148 cm³/mol. The molecule has 0 bridgehead atoms. The van der Waals surface area contributed by atoms with Gasteiger partial charge in [0.25, 0.3) is 11.7 Å². The Hall–Kier alpha value is -4.66. The first-order valence-electron chi connectivity index (χ1n) is 12.9. The van der Waals surface area contributed by atoms with Crippen LogP contribution in [0.1, 0.15) is 16.2 Å². The topological polar surface area (TPSA) is 79.7 Å². The monoisotopic (exact) mass is 525 g/mol. The summed E-state index contributed by atoms with van der Waals surface area (Å²) in [6.45, 7) is 4.56. The molecule has 39 heavy (non-hydrogen) atoms. The Morgan fingerprint density at radius 2 is 1.87 bits per heavy atom. The second kappa shape index (κ2) is 9.90. The van der Waals surface area contributed by atoms with Crippen molar-refractivity contribution in [2.45, 2.75) is 13.0 Å². The van der Waals surface area contributed by atoms with Crippen molar-refractivity contribution in [3.05, 3.63) is 90.1 Å². The average Bonchev–Trinajstić information content (AvgIpc) is 3.26. The SMILES string of the molecule is Cc1cc(-c2ccccc2)c(C(=O)C(=O)Nc2ccc3c(c2)OC[C@@H]2CN(c4ccc(F)cn4)CCN32)n1C. The molecule has 1 saturated heterocycles. The minimum absolute atomic E-state index is 0.108. The molecule has 0 aliphatic carbocycles. The number of benzene rings is 2. The second-order valence-electron chi connectivity index (χ2n) is 9.88. The van der Waals surface area contributed by atoms with Gasteiger partial charge in [-0.15, -0.1) is 0 Å². The molecule has 0 spiro atoms. The van der Waals surface area contributed by atoms with Crippen molar-refractivity contribution in [1.29, 1.82) is 0 Å². The fourth-order valence-corrected chi connectivity index (χ4v) is 5.35. The van der Waals surface area contributed by atoms with Crippen molar-refractivity contribution in [1.82, 2.24) is 9.55 Å². The molecule has 198 valence electrons. The van der Waals surface area contributed by atoms with Crippen LogP contribution in [0.3, 0.4) is 0 Å². The zero-order chi connectivity index (χ0) is 27.1. The number of anilines is 3. The highest BCUT2D eigenvalue weighted by Gasteiger charge is 2.34. The number of nitrogens with zero attached hydrogens (tertiary/aromatic N) is 4. The highest BCUT2D eigenvalue weighted by molar-refractivity contribution is 6.47. The summed E-state index contributed by atoms with van der Waals surface area (Å²) >= 11 is 0. The number of Topliss-reactive ketones (excluding diaryl/α,β-unsaturated/α-hetero) is 1. The van der Waals surface area contributed by atoms with E-state index < -0.39 is 11.7 Å². The van der Waals surface area contributed by atoms with Crippen molar-refractivity contribution >= 4 is 28.9 Å². The number of fused-ring (bicyclic) bond motifs is 3. The number of pyridine rings is 1. The maximum absolute atomic E-state index is 13.3. The normalized spacial score (nSPS) is 16.2. The number of aryl methyl sites for hydroxylation is 1. The Balaban J connectivity index is 1.18. The number of nitrogens with one attached hydrogen (secondary N) is 1. The van der Waals surface area contributed by atoms with E-state index in [1.54, 1.807) is 29.8 Å². The maximum Gasteiger partial charge on any atom is 0.298 e. The van der Waals surface area contributed by atoms with Gasteiger partial charge >= 0.3 is 0 Å². The van der Waals surface area contributed by atoms with Crippen LogP contribution < -0.4 is 19.9 Å². The second-order valence-corrected chi connectivity index (χ2v) is 9.88. The third kappa shape index (κ3) is 4.60. The summed E-state index contributed by atoms with van der Waals surface area (Å²) in [5.74, 6) is -0.263. The van der Waals surface area contributed by atoms with E-state index in [-0.39, 0.29) is 11.9 Å². The van der Waals surface area contributed by atoms with Crippen LogP contribution in [0.2, 0.25) is 0 Å². The summed E-state index contributed by atoms with van der Waals surface area (Å²) < 4.78 is 21.1. The molecule has 1 N–H and O–H groups in total. The van der Waals surface area contributed by atoms with Crippen LogP contribution in [-0.4, -0.2) is 53.5 Å². The third-order valence-corrected chi connectivity index (χ3v) is 7.46. The standard InChI is InChI=1S/C30H28FN5O3/c1-19-14-24(20-6-4-3-5-7-20)28(34(19)2)29(37)30(38)33-22-9-10-25-26(15-22)39-18-23-17-35(12-13-36(23)25)27-11-8-21(31)16-32-27/h3-11,14-16,23H,12-13,17-18H2,1-2H3,(H,33,38)/t23-/m0/s1. The number of halogens is 1. The molecular weight excluding hydrogens is 497 g/mol. The summed E-state index contributed by atoms with van der Waals surface area (Å²) in [5.41, 5.74) is 4.27. The predicted octanol–water partition coefficient (Wildman–Crippen LogP) is 4.44. The van der Waals surface area contributed by atoms with Crippen molar-refractivity contribution < 1.29 is 18.7 Å². The first-order valence-corrected chi connectivity index (χ1v) is 12.9. The van der Waals surface area contributed by atoms with Gasteiger partial charge in [0.2, 0.25) is 0 Å². The van der Waals surface area contributed by atoms with E-state index in [1.807, 2.05) is 49.4 Å². The minimum Gasteiger partial charge on any atom is -0.489 e. The number of ketones is 1. The Morgan fingerprint density at radius 1 is 1.05 bits per heavy atom. The highest BCUT2D eigenvalue weighted by Crippen LogP contribution is 2.38. The van der Waals surface area contributed by atoms with E-state index in [1.165, 1.54) is 12.3 Å². The number of aromatic nitrogens is 2. The zero-order valence-corrected chi connectivity index (χ0v) is 21.7. The molecule has 6 rings (SSSR count). The zero-order valence-electron chi connectivity index (χ0n) is 21.7. The van der Waals surface area contributed by atoms with E-state index in [4.69, 9.17) is 4.74 Å². The minimum atomic E-state index is -0.706. The summed E-state index contributed by atoms with van der Waals surface area (Å²) in [5, 5.41) is 2.76. The summed E-state index contributed by atoms with van der Waals surface area (Å²) in [4.78, 5) is 35.0. The quantitative estimate of drug-likeness (QED) is 0.307. The molecular formula is C30H28FN5O3. The van der Waals surface area contributed by atoms with Gasteiger partial charge in [-0.3, -0.25) is 9.59 Å². The fraction of sp³-hybridized carbons (Fsp3) is 0.233. The molecule has 0 radical (unpaired) electrons. The molecule has 2 aliphatic heterocycles. The molecule has 1 amide bonds.